The largest absolute Gasteiger partial charge is 0.369 e. The second-order valence-corrected chi connectivity index (χ2v) is 22.5. The van der Waals surface area contributed by atoms with E-state index < -0.39 is 0 Å². The molecule has 0 aromatic carbocycles. The van der Waals surface area contributed by atoms with Crippen LogP contribution in [0.5, 0.6) is 0 Å². The first-order chi connectivity index (χ1) is 31.3. The first kappa shape index (κ1) is 39.6. The molecule has 2 nitrogen and oxygen atoms in total. The first-order valence-electron chi connectivity index (χ1n) is 26.8. The number of fused-ring (bicyclic) bond motifs is 13. The Kier molecular flexibility index (Phi) is 10.2. The molecule has 0 bridgehead atoms. The topological polar surface area (TPSA) is 6.48 Å². The van der Waals surface area contributed by atoms with Gasteiger partial charge < -0.3 is 9.80 Å². The average Bonchev–Trinajstić information content (AvgIpc) is 3.83. The fraction of sp³-hybridized carbons (Fsp3) is 0.574. The maximum Gasteiger partial charge on any atom is 0.0473 e. The molecular formula is C61H74N2. The minimum absolute atomic E-state index is 0.155. The molecule has 13 aliphatic carbocycles. The van der Waals surface area contributed by atoms with E-state index in [1.807, 2.05) is 22.3 Å². The van der Waals surface area contributed by atoms with E-state index >= 15 is 0 Å². The van der Waals surface area contributed by atoms with Crippen LogP contribution in [-0.4, -0.2) is 34.0 Å². The van der Waals surface area contributed by atoms with Crippen molar-refractivity contribution in [2.24, 2.45) is 52.8 Å². The molecule has 0 aromatic rings. The van der Waals surface area contributed by atoms with Crippen molar-refractivity contribution in [1.82, 2.24) is 9.80 Å². The van der Waals surface area contributed by atoms with Crippen molar-refractivity contribution in [3.05, 3.63) is 154 Å². The third-order valence-electron chi connectivity index (χ3n) is 19.9. The van der Waals surface area contributed by atoms with Gasteiger partial charge in [0.2, 0.25) is 0 Å². The highest BCUT2D eigenvalue weighted by molar-refractivity contribution is 5.58. The zero-order valence-corrected chi connectivity index (χ0v) is 38.3. The summed E-state index contributed by atoms with van der Waals surface area (Å²) < 4.78 is 0. The van der Waals surface area contributed by atoms with Crippen molar-refractivity contribution in [2.45, 2.75) is 165 Å². The van der Waals surface area contributed by atoms with Crippen molar-refractivity contribution < 1.29 is 0 Å². The van der Waals surface area contributed by atoms with Crippen LogP contribution in [0.4, 0.5) is 0 Å². The zero-order chi connectivity index (χ0) is 41.5. The average molecular weight is 835 g/mol. The van der Waals surface area contributed by atoms with E-state index in [2.05, 4.69) is 119 Å². The summed E-state index contributed by atoms with van der Waals surface area (Å²) in [7, 11) is 0. The number of nitrogens with zero attached hydrogens (tertiary/aromatic N) is 2. The predicted octanol–water partition coefficient (Wildman–Crippen LogP) is 14.8. The molecule has 0 N–H and O–H groups in total. The minimum atomic E-state index is 0.155. The molecule has 3 fully saturated rings. The Labute approximate surface area is 380 Å². The summed E-state index contributed by atoms with van der Waals surface area (Å²) in [6.45, 7) is 0. The van der Waals surface area contributed by atoms with Gasteiger partial charge in [0.1, 0.15) is 0 Å². The molecule has 12 atom stereocenters. The third-order valence-corrected chi connectivity index (χ3v) is 19.9. The molecule has 328 valence electrons. The fourth-order valence-corrected chi connectivity index (χ4v) is 17.8. The molecule has 13 aliphatic rings. The molecule has 0 aliphatic heterocycles. The van der Waals surface area contributed by atoms with Crippen LogP contribution in [0.1, 0.15) is 141 Å². The Bertz CT molecular complexity index is 2260. The van der Waals surface area contributed by atoms with Gasteiger partial charge in [-0.1, -0.05) is 139 Å². The van der Waals surface area contributed by atoms with Gasteiger partial charge in [0.25, 0.3) is 0 Å². The normalized spacial score (nSPS) is 40.9. The Morgan fingerprint density at radius 3 is 2.13 bits per heavy atom. The van der Waals surface area contributed by atoms with Gasteiger partial charge in [0.15, 0.2) is 0 Å². The van der Waals surface area contributed by atoms with Gasteiger partial charge in [-0.05, 0) is 181 Å². The minimum Gasteiger partial charge on any atom is -0.369 e. The van der Waals surface area contributed by atoms with Crippen LogP contribution >= 0.6 is 0 Å². The van der Waals surface area contributed by atoms with Crippen LogP contribution in [0.15, 0.2) is 154 Å². The molecule has 0 radical (unpaired) electrons. The lowest BCUT2D eigenvalue weighted by molar-refractivity contribution is 0.0670. The van der Waals surface area contributed by atoms with E-state index in [0.717, 1.165) is 11.8 Å². The second kappa shape index (κ2) is 16.3. The molecule has 13 rings (SSSR count). The molecule has 63 heavy (non-hydrogen) atoms. The smallest absolute Gasteiger partial charge is 0.0473 e. The van der Waals surface area contributed by atoms with E-state index in [-0.39, 0.29) is 5.41 Å². The van der Waals surface area contributed by atoms with Crippen LogP contribution < -0.4 is 0 Å². The second-order valence-electron chi connectivity index (χ2n) is 22.5. The summed E-state index contributed by atoms with van der Waals surface area (Å²) in [6.07, 6.45) is 75.4. The molecule has 0 heterocycles. The lowest BCUT2D eigenvalue weighted by Crippen LogP contribution is -2.50. The standard InChI is InChI=1S/C61H74N2/c1-4-19-41(20-5-1)62(42-21-6-2-7-22-42)45-36-38-52-51-29-14-16-31-55(51)61(58(52)40-45)56-32-17-15-30-53(56)60-57(61)33-18-34-59(60)63(43-23-8-3-9-24-43)44-35-37-50-48-27-11-10-25-46(48)47-26-12-13-28-49(47)54(50)39-44/h1,4,6,10,12,14,16-19,21,25-26,29,31-34,42-45,50-51,53-57,60H,2-3,5,7-9,11,13,15,20,22-24,27-28,30,35-40H2. The van der Waals surface area contributed by atoms with Crippen LogP contribution in [0.2, 0.25) is 0 Å². The van der Waals surface area contributed by atoms with E-state index in [0.29, 0.717) is 59.7 Å². The van der Waals surface area contributed by atoms with E-state index in [9.17, 15) is 0 Å². The highest BCUT2D eigenvalue weighted by atomic mass is 15.2. The van der Waals surface area contributed by atoms with Crippen LogP contribution in [0.25, 0.3) is 0 Å². The molecular weight excluding hydrogens is 761 g/mol. The van der Waals surface area contributed by atoms with Gasteiger partial charge in [-0.15, -0.1) is 0 Å². The summed E-state index contributed by atoms with van der Waals surface area (Å²) in [5.74, 6) is 5.12. The summed E-state index contributed by atoms with van der Waals surface area (Å²) in [4.78, 5) is 6.27. The SMILES string of the molecule is C1=CCCC(N(C2C=CCCC2)C2CCC3=C(C2)C2(C4C=CC=CC34)C3C=CCCC3C3C(N(C4CCCCC4)C4CCC5C6=C(C=CCC6)C6=C(CCC=C6)C5C4)=CC=CC32)=C1. The van der Waals surface area contributed by atoms with E-state index in [4.69, 9.17) is 0 Å². The quantitative estimate of drug-likeness (QED) is 0.246. The van der Waals surface area contributed by atoms with Gasteiger partial charge >= 0.3 is 0 Å². The highest BCUT2D eigenvalue weighted by Gasteiger charge is 2.68. The van der Waals surface area contributed by atoms with Crippen LogP contribution in [-0.2, 0) is 0 Å². The lowest BCUT2D eigenvalue weighted by Gasteiger charge is -2.53. The van der Waals surface area contributed by atoms with Crippen molar-refractivity contribution in [1.29, 1.82) is 0 Å². The zero-order valence-electron chi connectivity index (χ0n) is 38.3. The molecule has 2 heteroatoms. The van der Waals surface area contributed by atoms with Crippen molar-refractivity contribution >= 4 is 0 Å². The molecule has 0 amide bonds. The molecule has 1 spiro atoms. The monoisotopic (exact) mass is 835 g/mol. The van der Waals surface area contributed by atoms with Gasteiger partial charge in [-0.2, -0.15) is 0 Å². The number of allylic oxidation sites excluding steroid dienone is 24. The van der Waals surface area contributed by atoms with Crippen LogP contribution in [0, 0.1) is 52.8 Å². The van der Waals surface area contributed by atoms with Gasteiger partial charge in [0.05, 0.1) is 0 Å². The number of rotatable bonds is 6. The van der Waals surface area contributed by atoms with E-state index in [1.54, 1.807) is 22.5 Å². The Morgan fingerprint density at radius 1 is 0.492 bits per heavy atom. The van der Waals surface area contributed by atoms with Crippen molar-refractivity contribution in [3.8, 4) is 0 Å². The number of hydrogen-bond donors (Lipinski definition) is 0. The van der Waals surface area contributed by atoms with Crippen molar-refractivity contribution in [3.63, 3.8) is 0 Å². The first-order valence-corrected chi connectivity index (χ1v) is 26.8. The Morgan fingerprint density at radius 2 is 1.30 bits per heavy atom. The lowest BCUT2D eigenvalue weighted by atomic mass is 9.57. The predicted molar refractivity (Wildman–Crippen MR) is 261 cm³/mol. The van der Waals surface area contributed by atoms with E-state index in [1.165, 1.54) is 141 Å². The third kappa shape index (κ3) is 6.20. The van der Waals surface area contributed by atoms with Crippen LogP contribution in [0.3, 0.4) is 0 Å². The summed E-state index contributed by atoms with van der Waals surface area (Å²) in [5.41, 5.74) is 14.3. The molecule has 12 unspecified atom stereocenters. The molecule has 0 saturated heterocycles. The summed E-state index contributed by atoms with van der Waals surface area (Å²) >= 11 is 0. The molecule has 3 saturated carbocycles. The maximum absolute atomic E-state index is 3.26. The Hall–Kier alpha value is -3.78. The molecule has 0 aromatic heterocycles. The summed E-state index contributed by atoms with van der Waals surface area (Å²) in [6, 6.07) is 2.48. The van der Waals surface area contributed by atoms with Gasteiger partial charge in [-0.3, -0.25) is 0 Å². The van der Waals surface area contributed by atoms with Gasteiger partial charge in [-0.25, -0.2) is 0 Å². The van der Waals surface area contributed by atoms with Crippen molar-refractivity contribution in [2.75, 3.05) is 0 Å². The Balaban J connectivity index is 0.899. The highest BCUT2D eigenvalue weighted by Crippen LogP contribution is 2.74. The number of hydrogen-bond acceptors (Lipinski definition) is 2. The maximum atomic E-state index is 3.26. The summed E-state index contributed by atoms with van der Waals surface area (Å²) in [5, 5.41) is 0. The van der Waals surface area contributed by atoms with Gasteiger partial charge in [0, 0.05) is 52.8 Å². The fourth-order valence-electron chi connectivity index (χ4n) is 17.8.